The van der Waals surface area contributed by atoms with Crippen LogP contribution in [0.4, 0.5) is 0 Å². The Bertz CT molecular complexity index is 880. The molecular formula is C17H10Cl3NO5. The van der Waals surface area contributed by atoms with Gasteiger partial charge in [0, 0.05) is 6.07 Å². The Labute approximate surface area is 163 Å². The highest BCUT2D eigenvalue weighted by Gasteiger charge is 2.35. The molecule has 1 aliphatic heterocycles. The van der Waals surface area contributed by atoms with E-state index in [9.17, 15) is 14.4 Å². The Morgan fingerprint density at radius 1 is 0.923 bits per heavy atom. The SMILES string of the molecule is O=C(COc1cc(Cl)c(Cl)cc1Cl)OCN1C(=O)c2ccccc2C1=O. The highest BCUT2D eigenvalue weighted by atomic mass is 35.5. The van der Waals surface area contributed by atoms with Crippen molar-refractivity contribution in [2.45, 2.75) is 0 Å². The third-order valence-electron chi connectivity index (χ3n) is 3.55. The normalized spacial score (nSPS) is 13.0. The quantitative estimate of drug-likeness (QED) is 0.422. The number of imide groups is 1. The molecule has 0 fully saturated rings. The molecule has 0 radical (unpaired) electrons. The largest absolute Gasteiger partial charge is 0.480 e. The lowest BCUT2D eigenvalue weighted by molar-refractivity contribution is -0.148. The molecule has 2 aromatic rings. The van der Waals surface area contributed by atoms with Crippen LogP contribution in [0.25, 0.3) is 0 Å². The Kier molecular flexibility index (Phi) is 5.36. The van der Waals surface area contributed by atoms with E-state index in [1.165, 1.54) is 24.3 Å². The summed E-state index contributed by atoms with van der Waals surface area (Å²) in [7, 11) is 0. The minimum atomic E-state index is -0.788. The van der Waals surface area contributed by atoms with Crippen molar-refractivity contribution in [2.24, 2.45) is 0 Å². The fourth-order valence-corrected chi connectivity index (χ4v) is 2.88. The van der Waals surface area contributed by atoms with Gasteiger partial charge >= 0.3 is 5.97 Å². The number of benzene rings is 2. The van der Waals surface area contributed by atoms with Crippen LogP contribution in [0, 0.1) is 0 Å². The molecule has 1 aliphatic rings. The third kappa shape index (κ3) is 3.62. The number of nitrogens with zero attached hydrogens (tertiary/aromatic N) is 1. The zero-order valence-electron chi connectivity index (χ0n) is 13.0. The topological polar surface area (TPSA) is 72.9 Å². The lowest BCUT2D eigenvalue weighted by Gasteiger charge is -2.14. The Hall–Kier alpha value is -2.28. The zero-order valence-corrected chi connectivity index (χ0v) is 15.3. The molecule has 3 rings (SSSR count). The second-order valence-electron chi connectivity index (χ2n) is 5.21. The van der Waals surface area contributed by atoms with E-state index in [1.54, 1.807) is 12.1 Å². The highest BCUT2D eigenvalue weighted by molar-refractivity contribution is 6.43. The fourth-order valence-electron chi connectivity index (χ4n) is 2.29. The summed E-state index contributed by atoms with van der Waals surface area (Å²) in [6, 6.07) is 9.11. The lowest BCUT2D eigenvalue weighted by atomic mass is 10.1. The van der Waals surface area contributed by atoms with Crippen molar-refractivity contribution < 1.29 is 23.9 Å². The monoisotopic (exact) mass is 413 g/mol. The van der Waals surface area contributed by atoms with Gasteiger partial charge in [0.25, 0.3) is 11.8 Å². The van der Waals surface area contributed by atoms with Crippen molar-refractivity contribution in [1.29, 1.82) is 0 Å². The van der Waals surface area contributed by atoms with Crippen LogP contribution >= 0.6 is 34.8 Å². The predicted octanol–water partition coefficient (Wildman–Crippen LogP) is 3.82. The molecular weight excluding hydrogens is 405 g/mol. The molecule has 0 spiro atoms. The first-order chi connectivity index (χ1) is 12.4. The van der Waals surface area contributed by atoms with Crippen molar-refractivity contribution in [2.75, 3.05) is 13.3 Å². The second-order valence-corrected chi connectivity index (χ2v) is 6.44. The minimum Gasteiger partial charge on any atom is -0.480 e. The summed E-state index contributed by atoms with van der Waals surface area (Å²) in [4.78, 5) is 37.0. The highest BCUT2D eigenvalue weighted by Crippen LogP contribution is 2.33. The van der Waals surface area contributed by atoms with Crippen LogP contribution in [0.15, 0.2) is 36.4 Å². The van der Waals surface area contributed by atoms with Gasteiger partial charge in [0.05, 0.1) is 26.2 Å². The summed E-state index contributed by atoms with van der Waals surface area (Å²) in [5.74, 6) is -1.68. The molecule has 0 saturated carbocycles. The molecule has 6 nitrogen and oxygen atoms in total. The fraction of sp³-hybridized carbons (Fsp3) is 0.118. The first-order valence-electron chi connectivity index (χ1n) is 7.26. The predicted molar refractivity (Wildman–Crippen MR) is 94.9 cm³/mol. The van der Waals surface area contributed by atoms with Crippen LogP contribution in [-0.4, -0.2) is 36.0 Å². The van der Waals surface area contributed by atoms with Gasteiger partial charge in [-0.2, -0.15) is 0 Å². The van der Waals surface area contributed by atoms with Crippen molar-refractivity contribution in [3.8, 4) is 5.75 Å². The molecule has 0 aromatic heterocycles. The molecule has 0 saturated heterocycles. The van der Waals surface area contributed by atoms with E-state index >= 15 is 0 Å². The number of hydrogen-bond donors (Lipinski definition) is 0. The molecule has 0 bridgehead atoms. The Morgan fingerprint density at radius 2 is 1.50 bits per heavy atom. The minimum absolute atomic E-state index is 0.152. The Balaban J connectivity index is 1.56. The van der Waals surface area contributed by atoms with Gasteiger partial charge in [-0.05, 0) is 18.2 Å². The van der Waals surface area contributed by atoms with Crippen LogP contribution in [0.1, 0.15) is 20.7 Å². The summed E-state index contributed by atoms with van der Waals surface area (Å²) in [5, 5.41) is 0.634. The molecule has 0 aliphatic carbocycles. The van der Waals surface area contributed by atoms with E-state index in [0.29, 0.717) is 0 Å². The smallest absolute Gasteiger partial charge is 0.345 e. The summed E-state index contributed by atoms with van der Waals surface area (Å²) < 4.78 is 10.2. The molecule has 26 heavy (non-hydrogen) atoms. The van der Waals surface area contributed by atoms with Crippen molar-refractivity contribution in [1.82, 2.24) is 4.90 Å². The van der Waals surface area contributed by atoms with E-state index in [4.69, 9.17) is 44.3 Å². The van der Waals surface area contributed by atoms with E-state index in [1.807, 2.05) is 0 Å². The molecule has 134 valence electrons. The van der Waals surface area contributed by atoms with Crippen molar-refractivity contribution >= 4 is 52.6 Å². The van der Waals surface area contributed by atoms with Gasteiger partial charge in [-0.25, -0.2) is 9.69 Å². The Morgan fingerprint density at radius 3 is 2.12 bits per heavy atom. The molecule has 2 amide bonds. The number of halogens is 3. The average Bonchev–Trinajstić information content (AvgIpc) is 2.86. The van der Waals surface area contributed by atoms with Gasteiger partial charge in [0.2, 0.25) is 0 Å². The van der Waals surface area contributed by atoms with E-state index in [2.05, 4.69) is 0 Å². The van der Waals surface area contributed by atoms with E-state index in [-0.39, 0.29) is 31.9 Å². The number of hydrogen-bond acceptors (Lipinski definition) is 5. The van der Waals surface area contributed by atoms with Crippen LogP contribution in [0.2, 0.25) is 15.1 Å². The van der Waals surface area contributed by atoms with Gasteiger partial charge in [0.1, 0.15) is 5.75 Å². The molecule has 9 heteroatoms. The van der Waals surface area contributed by atoms with Gasteiger partial charge in [-0.3, -0.25) is 9.59 Å². The summed E-state index contributed by atoms with van der Waals surface area (Å²) in [6.07, 6.45) is 0. The average molecular weight is 415 g/mol. The van der Waals surface area contributed by atoms with Crippen molar-refractivity contribution in [3.05, 3.63) is 62.6 Å². The summed E-state index contributed by atoms with van der Waals surface area (Å²) >= 11 is 17.6. The number of carbonyl (C=O) groups is 3. The maximum absolute atomic E-state index is 12.2. The first-order valence-corrected chi connectivity index (χ1v) is 8.40. The third-order valence-corrected chi connectivity index (χ3v) is 4.57. The van der Waals surface area contributed by atoms with Gasteiger partial charge < -0.3 is 9.47 Å². The van der Waals surface area contributed by atoms with Gasteiger partial charge in [-0.15, -0.1) is 0 Å². The molecule has 0 N–H and O–H groups in total. The molecule has 2 aromatic carbocycles. The van der Waals surface area contributed by atoms with Crippen LogP contribution in [-0.2, 0) is 9.53 Å². The molecule has 0 unspecified atom stereocenters. The summed E-state index contributed by atoms with van der Waals surface area (Å²) in [6.45, 7) is -0.996. The maximum Gasteiger partial charge on any atom is 0.345 e. The van der Waals surface area contributed by atoms with Crippen LogP contribution < -0.4 is 4.74 Å². The zero-order chi connectivity index (χ0) is 18.8. The number of esters is 1. The van der Waals surface area contributed by atoms with E-state index < -0.39 is 31.1 Å². The number of fused-ring (bicyclic) bond motifs is 1. The van der Waals surface area contributed by atoms with Crippen molar-refractivity contribution in [3.63, 3.8) is 0 Å². The number of amides is 2. The van der Waals surface area contributed by atoms with Gasteiger partial charge in [-0.1, -0.05) is 46.9 Å². The molecule has 1 heterocycles. The second kappa shape index (κ2) is 7.53. The van der Waals surface area contributed by atoms with Crippen LogP contribution in [0.5, 0.6) is 5.75 Å². The maximum atomic E-state index is 12.2. The molecule has 0 atom stereocenters. The lowest BCUT2D eigenvalue weighted by Crippen LogP contribution is -2.34. The summed E-state index contributed by atoms with van der Waals surface area (Å²) in [5.41, 5.74) is 0.541. The van der Waals surface area contributed by atoms with E-state index in [0.717, 1.165) is 4.90 Å². The van der Waals surface area contributed by atoms with Crippen LogP contribution in [0.3, 0.4) is 0 Å². The number of carbonyl (C=O) groups excluding carboxylic acids is 3. The standard InChI is InChI=1S/C17H10Cl3NO5/c18-11-5-13(20)14(6-12(11)19)25-7-15(22)26-8-21-16(23)9-3-1-2-4-10(9)17(21)24/h1-6H,7-8H2. The first kappa shape index (κ1) is 18.5. The van der Waals surface area contributed by atoms with Gasteiger partial charge in [0.15, 0.2) is 13.3 Å². The number of ether oxygens (including phenoxy) is 2. The number of rotatable bonds is 5.